The van der Waals surface area contributed by atoms with Gasteiger partial charge in [-0.25, -0.2) is 4.98 Å². The number of hydrogen-bond acceptors (Lipinski definition) is 5. The summed E-state index contributed by atoms with van der Waals surface area (Å²) in [5.41, 5.74) is 4.56. The van der Waals surface area contributed by atoms with E-state index >= 15 is 0 Å². The molecule has 0 aromatic carbocycles. The summed E-state index contributed by atoms with van der Waals surface area (Å²) in [5.74, 6) is 1.37. The monoisotopic (exact) mass is 362 g/mol. The zero-order valence-corrected chi connectivity index (χ0v) is 16.0. The molecule has 3 aromatic heterocycles. The van der Waals surface area contributed by atoms with E-state index < -0.39 is 0 Å². The average Bonchev–Trinajstić information content (AvgIpc) is 3.07. The highest BCUT2D eigenvalue weighted by atomic mass is 15.3. The van der Waals surface area contributed by atoms with E-state index in [0.29, 0.717) is 5.92 Å². The van der Waals surface area contributed by atoms with Crippen molar-refractivity contribution in [1.82, 2.24) is 24.6 Å². The van der Waals surface area contributed by atoms with Crippen molar-refractivity contribution in [3.63, 3.8) is 0 Å². The molecule has 0 aliphatic carbocycles. The summed E-state index contributed by atoms with van der Waals surface area (Å²) in [4.78, 5) is 11.7. The van der Waals surface area contributed by atoms with Crippen molar-refractivity contribution in [3.8, 4) is 0 Å². The standard InChI is InChI=1S/C21H26N6/c1-16-13-18(25-21-5-3-4-9-22-21)14-20(24-16)17-7-11-27(12-8-17)15-19-6-10-23-26(19)2/h3-6,9-10,13-14,17H,7-8,11-12,15H2,1-2H3,(H,22,24,25). The van der Waals surface area contributed by atoms with Gasteiger partial charge in [-0.2, -0.15) is 5.10 Å². The minimum atomic E-state index is 0.511. The van der Waals surface area contributed by atoms with Gasteiger partial charge in [0.25, 0.3) is 0 Å². The summed E-state index contributed by atoms with van der Waals surface area (Å²) in [6.07, 6.45) is 5.94. The van der Waals surface area contributed by atoms with E-state index in [1.807, 2.05) is 36.1 Å². The summed E-state index contributed by atoms with van der Waals surface area (Å²) in [6.45, 7) is 5.21. The highest BCUT2D eigenvalue weighted by Crippen LogP contribution is 2.30. The lowest BCUT2D eigenvalue weighted by Crippen LogP contribution is -2.33. The molecule has 6 nitrogen and oxygen atoms in total. The Morgan fingerprint density at radius 2 is 1.96 bits per heavy atom. The molecule has 0 radical (unpaired) electrons. The summed E-state index contributed by atoms with van der Waals surface area (Å²) >= 11 is 0. The van der Waals surface area contributed by atoms with Gasteiger partial charge in [0.15, 0.2) is 0 Å². The highest BCUT2D eigenvalue weighted by Gasteiger charge is 2.22. The number of likely N-dealkylation sites (tertiary alicyclic amines) is 1. The number of nitrogens with one attached hydrogen (secondary N) is 1. The molecule has 0 amide bonds. The first-order chi connectivity index (χ1) is 13.2. The zero-order valence-electron chi connectivity index (χ0n) is 16.0. The molecule has 0 spiro atoms. The van der Waals surface area contributed by atoms with Gasteiger partial charge in [0.1, 0.15) is 5.82 Å². The number of rotatable bonds is 5. The number of aromatic nitrogens is 4. The Hall–Kier alpha value is -2.73. The fourth-order valence-electron chi connectivity index (χ4n) is 3.73. The molecular weight excluding hydrogens is 336 g/mol. The van der Waals surface area contributed by atoms with E-state index in [0.717, 1.165) is 49.7 Å². The molecule has 1 fully saturated rings. The molecular formula is C21H26N6. The van der Waals surface area contributed by atoms with Crippen molar-refractivity contribution in [2.45, 2.75) is 32.2 Å². The number of hydrogen-bond donors (Lipinski definition) is 1. The highest BCUT2D eigenvalue weighted by molar-refractivity contribution is 5.56. The zero-order chi connectivity index (χ0) is 18.6. The van der Waals surface area contributed by atoms with Crippen LogP contribution < -0.4 is 5.32 Å². The first-order valence-corrected chi connectivity index (χ1v) is 9.53. The molecule has 140 valence electrons. The molecule has 4 heterocycles. The minimum absolute atomic E-state index is 0.511. The fourth-order valence-corrected chi connectivity index (χ4v) is 3.73. The van der Waals surface area contributed by atoms with E-state index in [1.54, 1.807) is 6.20 Å². The predicted octanol–water partition coefficient (Wildman–Crippen LogP) is 3.64. The molecule has 0 bridgehead atoms. The Morgan fingerprint density at radius 3 is 2.67 bits per heavy atom. The summed E-state index contributed by atoms with van der Waals surface area (Å²) in [5, 5.41) is 7.66. The Labute approximate surface area is 160 Å². The second-order valence-corrected chi connectivity index (χ2v) is 7.26. The Balaban J connectivity index is 1.41. The number of piperidine rings is 1. The van der Waals surface area contributed by atoms with Gasteiger partial charge in [-0.1, -0.05) is 6.07 Å². The van der Waals surface area contributed by atoms with Crippen LogP contribution in [0.1, 0.15) is 35.8 Å². The third kappa shape index (κ3) is 4.34. The van der Waals surface area contributed by atoms with Crippen LogP contribution in [0.25, 0.3) is 0 Å². The van der Waals surface area contributed by atoms with E-state index in [4.69, 9.17) is 4.98 Å². The maximum absolute atomic E-state index is 4.82. The number of pyridine rings is 2. The lowest BCUT2D eigenvalue weighted by Gasteiger charge is -2.31. The van der Waals surface area contributed by atoms with Gasteiger partial charge in [0.05, 0.1) is 5.69 Å². The van der Waals surface area contributed by atoms with Crippen LogP contribution >= 0.6 is 0 Å². The van der Waals surface area contributed by atoms with E-state index in [1.165, 1.54) is 11.4 Å². The molecule has 1 aliphatic heterocycles. The van der Waals surface area contributed by atoms with Gasteiger partial charge >= 0.3 is 0 Å². The lowest BCUT2D eigenvalue weighted by molar-refractivity contribution is 0.199. The lowest BCUT2D eigenvalue weighted by atomic mass is 9.92. The van der Waals surface area contributed by atoms with Crippen LogP contribution in [0, 0.1) is 6.92 Å². The Kier molecular flexibility index (Phi) is 5.16. The maximum Gasteiger partial charge on any atom is 0.130 e. The Bertz CT molecular complexity index is 881. The maximum atomic E-state index is 4.82. The fraction of sp³-hybridized carbons (Fsp3) is 0.381. The van der Waals surface area contributed by atoms with Crippen LogP contribution in [0.3, 0.4) is 0 Å². The van der Waals surface area contributed by atoms with Crippen LogP contribution in [0.15, 0.2) is 48.8 Å². The van der Waals surface area contributed by atoms with Crippen LogP contribution in [0.5, 0.6) is 0 Å². The third-order valence-corrected chi connectivity index (χ3v) is 5.22. The average molecular weight is 362 g/mol. The topological polar surface area (TPSA) is 58.9 Å². The van der Waals surface area contributed by atoms with Crippen molar-refractivity contribution in [2.24, 2.45) is 7.05 Å². The molecule has 4 rings (SSSR count). The first-order valence-electron chi connectivity index (χ1n) is 9.53. The second-order valence-electron chi connectivity index (χ2n) is 7.26. The Morgan fingerprint density at radius 1 is 1.11 bits per heavy atom. The molecule has 1 aliphatic rings. The SMILES string of the molecule is Cc1cc(Nc2ccccn2)cc(C2CCN(Cc3ccnn3C)CC2)n1. The van der Waals surface area contributed by atoms with Crippen molar-refractivity contribution >= 4 is 11.5 Å². The number of aryl methyl sites for hydroxylation is 2. The quantitative estimate of drug-likeness (QED) is 0.751. The molecule has 1 N–H and O–H groups in total. The van der Waals surface area contributed by atoms with Crippen LogP contribution in [-0.2, 0) is 13.6 Å². The van der Waals surface area contributed by atoms with Crippen molar-refractivity contribution in [2.75, 3.05) is 18.4 Å². The third-order valence-electron chi connectivity index (χ3n) is 5.22. The van der Waals surface area contributed by atoms with E-state index in [2.05, 4.69) is 45.4 Å². The van der Waals surface area contributed by atoms with Crippen molar-refractivity contribution in [3.05, 3.63) is 65.9 Å². The van der Waals surface area contributed by atoms with Crippen LogP contribution in [-0.4, -0.2) is 37.7 Å². The van der Waals surface area contributed by atoms with Gasteiger partial charge < -0.3 is 5.32 Å². The first kappa shape index (κ1) is 17.7. The minimum Gasteiger partial charge on any atom is -0.340 e. The molecule has 0 saturated carbocycles. The largest absolute Gasteiger partial charge is 0.340 e. The molecule has 3 aromatic rings. The number of nitrogens with zero attached hydrogens (tertiary/aromatic N) is 5. The van der Waals surface area contributed by atoms with Crippen LogP contribution in [0.2, 0.25) is 0 Å². The predicted molar refractivity (Wildman–Crippen MR) is 107 cm³/mol. The smallest absolute Gasteiger partial charge is 0.130 e. The normalized spacial score (nSPS) is 15.8. The van der Waals surface area contributed by atoms with Gasteiger partial charge in [-0.15, -0.1) is 0 Å². The van der Waals surface area contributed by atoms with Crippen LogP contribution in [0.4, 0.5) is 11.5 Å². The number of anilines is 2. The summed E-state index contributed by atoms with van der Waals surface area (Å²) in [6, 6.07) is 12.3. The van der Waals surface area contributed by atoms with Crippen molar-refractivity contribution < 1.29 is 0 Å². The second kappa shape index (κ2) is 7.88. The molecule has 6 heteroatoms. The van der Waals surface area contributed by atoms with Gasteiger partial charge in [0, 0.05) is 49.0 Å². The molecule has 0 atom stereocenters. The molecule has 1 saturated heterocycles. The summed E-state index contributed by atoms with van der Waals surface area (Å²) in [7, 11) is 2.01. The van der Waals surface area contributed by atoms with Crippen molar-refractivity contribution in [1.29, 1.82) is 0 Å². The van der Waals surface area contributed by atoms with E-state index in [9.17, 15) is 0 Å². The van der Waals surface area contributed by atoms with E-state index in [-0.39, 0.29) is 0 Å². The molecule has 27 heavy (non-hydrogen) atoms. The van der Waals surface area contributed by atoms with Gasteiger partial charge in [0.2, 0.25) is 0 Å². The van der Waals surface area contributed by atoms with Gasteiger partial charge in [-0.3, -0.25) is 14.6 Å². The summed E-state index contributed by atoms with van der Waals surface area (Å²) < 4.78 is 1.96. The van der Waals surface area contributed by atoms with Gasteiger partial charge in [-0.05, 0) is 63.2 Å². The molecule has 0 unspecified atom stereocenters.